The van der Waals surface area contributed by atoms with Gasteiger partial charge in [0, 0.05) is 11.1 Å². The van der Waals surface area contributed by atoms with Gasteiger partial charge in [0.15, 0.2) is 0 Å². The number of fused-ring (bicyclic) bond motifs is 1. The Kier molecular flexibility index (Phi) is 6.55. The maximum atomic E-state index is 14.6. The number of carbonyl (C=O) groups excluding carboxylic acids is 1. The van der Waals surface area contributed by atoms with Crippen molar-refractivity contribution in [2.75, 3.05) is 7.11 Å². The van der Waals surface area contributed by atoms with Crippen molar-refractivity contribution in [1.82, 2.24) is 5.06 Å². The number of hydrogen-bond acceptors (Lipinski definition) is 6. The van der Waals surface area contributed by atoms with Crippen molar-refractivity contribution in [3.63, 3.8) is 0 Å². The summed E-state index contributed by atoms with van der Waals surface area (Å²) in [6, 6.07) is 17.2. The Balaban J connectivity index is 1.54. The number of ether oxygens (including phenoxy) is 2. The number of aliphatic carboxylic acids is 1. The number of methoxy groups -OCH3 is 1. The van der Waals surface area contributed by atoms with Crippen LogP contribution in [0.2, 0.25) is 0 Å². The number of benzene rings is 3. The lowest BCUT2D eigenvalue weighted by atomic mass is 9.94. The van der Waals surface area contributed by atoms with Crippen LogP contribution in [0, 0.1) is 5.82 Å². The number of hydrogen-bond donors (Lipinski definition) is 1. The van der Waals surface area contributed by atoms with Crippen LogP contribution < -0.4 is 4.74 Å². The number of hydroxylamine groups is 2. The van der Waals surface area contributed by atoms with E-state index < -0.39 is 17.9 Å². The Morgan fingerprint density at radius 1 is 0.970 bits per heavy atom. The zero-order valence-electron chi connectivity index (χ0n) is 17.9. The summed E-state index contributed by atoms with van der Waals surface area (Å²) < 4.78 is 25.2. The van der Waals surface area contributed by atoms with Gasteiger partial charge in [0.1, 0.15) is 18.2 Å². The van der Waals surface area contributed by atoms with Crippen molar-refractivity contribution in [3.05, 3.63) is 88.7 Å². The fraction of sp³-hybridized carbons (Fsp3) is 0.200. The molecule has 1 aliphatic heterocycles. The number of carboxylic acid groups (broad SMARTS) is 1. The van der Waals surface area contributed by atoms with Crippen molar-refractivity contribution in [2.24, 2.45) is 0 Å². The Hall–Kier alpha value is -3.91. The molecule has 1 N–H and O–H groups in total. The number of rotatable bonds is 7. The number of nitrogens with zero attached hydrogens (tertiary/aromatic N) is 1. The predicted molar refractivity (Wildman–Crippen MR) is 117 cm³/mol. The average Bonchev–Trinajstić information content (AvgIpc) is 3.23. The quantitative estimate of drug-likeness (QED) is 0.521. The monoisotopic (exact) mass is 451 g/mol. The van der Waals surface area contributed by atoms with E-state index >= 15 is 0 Å². The van der Waals surface area contributed by atoms with E-state index in [9.17, 15) is 14.0 Å². The first-order valence-corrected chi connectivity index (χ1v) is 10.3. The first-order chi connectivity index (χ1) is 15.9. The number of carboxylic acids is 1. The van der Waals surface area contributed by atoms with Crippen molar-refractivity contribution in [1.29, 1.82) is 0 Å². The molecule has 33 heavy (non-hydrogen) atoms. The predicted octanol–water partition coefficient (Wildman–Crippen LogP) is 4.71. The minimum absolute atomic E-state index is 0.0621. The Bertz CT molecular complexity index is 1180. The van der Waals surface area contributed by atoms with E-state index in [1.54, 1.807) is 24.3 Å². The number of halogens is 1. The first kappa shape index (κ1) is 22.3. The summed E-state index contributed by atoms with van der Waals surface area (Å²) in [4.78, 5) is 28.6. The van der Waals surface area contributed by atoms with E-state index in [4.69, 9.17) is 19.4 Å². The minimum Gasteiger partial charge on any atom is -0.496 e. The first-order valence-electron chi connectivity index (χ1n) is 10.3. The lowest BCUT2D eigenvalue weighted by Crippen LogP contribution is -2.22. The third-order valence-electron chi connectivity index (χ3n) is 5.36. The summed E-state index contributed by atoms with van der Waals surface area (Å²) in [5.74, 6) is -0.846. The maximum absolute atomic E-state index is 14.6. The Morgan fingerprint density at radius 2 is 1.73 bits per heavy atom. The molecule has 0 aromatic heterocycles. The average molecular weight is 451 g/mol. The molecule has 1 aliphatic rings. The summed E-state index contributed by atoms with van der Waals surface area (Å²) in [5.41, 5.74) is 3.76. The second kappa shape index (κ2) is 9.70. The third-order valence-corrected chi connectivity index (χ3v) is 5.36. The smallest absolute Gasteiger partial charge is 0.496 e. The molecule has 0 aliphatic carbocycles. The van der Waals surface area contributed by atoms with E-state index in [1.165, 1.54) is 18.2 Å². The summed E-state index contributed by atoms with van der Waals surface area (Å²) in [5, 5.41) is 10.5. The van der Waals surface area contributed by atoms with E-state index in [0.717, 1.165) is 5.56 Å². The van der Waals surface area contributed by atoms with E-state index in [-0.39, 0.29) is 26.1 Å². The van der Waals surface area contributed by atoms with Gasteiger partial charge in [0.25, 0.3) is 0 Å². The van der Waals surface area contributed by atoms with Crippen LogP contribution in [0.5, 0.6) is 5.75 Å². The van der Waals surface area contributed by atoms with Gasteiger partial charge >= 0.3 is 12.1 Å². The highest BCUT2D eigenvalue weighted by Gasteiger charge is 2.29. The maximum Gasteiger partial charge on any atom is 0.528 e. The largest absolute Gasteiger partial charge is 0.528 e. The fourth-order valence-corrected chi connectivity index (χ4v) is 3.84. The molecular weight excluding hydrogens is 429 g/mol. The second-order valence-corrected chi connectivity index (χ2v) is 7.57. The second-order valence-electron chi connectivity index (χ2n) is 7.57. The van der Waals surface area contributed by atoms with E-state index in [1.807, 2.05) is 30.3 Å². The van der Waals surface area contributed by atoms with Crippen LogP contribution in [0.1, 0.15) is 22.3 Å². The van der Waals surface area contributed by atoms with Gasteiger partial charge in [0.05, 0.1) is 26.6 Å². The summed E-state index contributed by atoms with van der Waals surface area (Å²) >= 11 is 0. The molecule has 0 fully saturated rings. The molecule has 170 valence electrons. The zero-order chi connectivity index (χ0) is 23.4. The molecule has 0 saturated carbocycles. The molecule has 3 aromatic rings. The van der Waals surface area contributed by atoms with Gasteiger partial charge in [-0.05, 0) is 40.5 Å². The standard InChI is InChI=1S/C25H22FNO6/c1-31-23-10-7-17(12-24(28)29)11-19(23)18-8-9-22(26)21-14-27(13-20(18)21)33-25(30)32-15-16-5-3-2-4-6-16/h2-11H,12-15H2,1H3,(H,28,29). The summed E-state index contributed by atoms with van der Waals surface area (Å²) in [6.07, 6.45) is -1.03. The Morgan fingerprint density at radius 3 is 2.45 bits per heavy atom. The molecule has 0 radical (unpaired) electrons. The summed E-state index contributed by atoms with van der Waals surface area (Å²) in [6.45, 7) is 0.273. The molecule has 0 saturated heterocycles. The molecule has 3 aromatic carbocycles. The van der Waals surface area contributed by atoms with Crippen LogP contribution in [-0.2, 0) is 40.5 Å². The molecule has 4 rings (SSSR count). The van der Waals surface area contributed by atoms with E-state index in [2.05, 4.69) is 0 Å². The highest BCUT2D eigenvalue weighted by atomic mass is 19.1. The van der Waals surface area contributed by atoms with Crippen LogP contribution in [0.4, 0.5) is 9.18 Å². The van der Waals surface area contributed by atoms with Crippen LogP contribution in [0.15, 0.2) is 60.7 Å². The normalized spacial score (nSPS) is 12.8. The van der Waals surface area contributed by atoms with Gasteiger partial charge in [-0.25, -0.2) is 9.18 Å². The molecular formula is C25H22FNO6. The number of carbonyl (C=O) groups is 2. The van der Waals surface area contributed by atoms with Crippen LogP contribution >= 0.6 is 0 Å². The SMILES string of the molecule is COc1ccc(CC(=O)O)cc1-c1ccc(F)c2c1CN(OC(=O)OCc1ccccc1)C2. The van der Waals surface area contributed by atoms with Crippen LogP contribution in [-0.4, -0.2) is 29.4 Å². The third kappa shape index (κ3) is 5.12. The molecule has 0 bridgehead atoms. The topological polar surface area (TPSA) is 85.3 Å². The molecule has 0 unspecified atom stereocenters. The van der Waals surface area contributed by atoms with Crippen molar-refractivity contribution < 1.29 is 33.4 Å². The lowest BCUT2D eigenvalue weighted by Gasteiger charge is -2.15. The van der Waals surface area contributed by atoms with Crippen LogP contribution in [0.25, 0.3) is 11.1 Å². The molecule has 0 atom stereocenters. The van der Waals surface area contributed by atoms with Gasteiger partial charge in [-0.2, -0.15) is 0 Å². The molecule has 0 amide bonds. The van der Waals surface area contributed by atoms with Gasteiger partial charge < -0.3 is 19.4 Å². The van der Waals surface area contributed by atoms with Gasteiger partial charge in [-0.3, -0.25) is 4.79 Å². The van der Waals surface area contributed by atoms with Crippen molar-refractivity contribution >= 4 is 12.1 Å². The van der Waals surface area contributed by atoms with Gasteiger partial charge in [-0.15, -0.1) is 5.06 Å². The molecule has 1 heterocycles. The van der Waals surface area contributed by atoms with Gasteiger partial charge in [0.2, 0.25) is 0 Å². The molecule has 8 heteroatoms. The Labute approximate surface area is 189 Å². The minimum atomic E-state index is -0.955. The van der Waals surface area contributed by atoms with Crippen LogP contribution in [0.3, 0.4) is 0 Å². The zero-order valence-corrected chi connectivity index (χ0v) is 17.9. The lowest BCUT2D eigenvalue weighted by molar-refractivity contribution is -0.136. The summed E-state index contributed by atoms with van der Waals surface area (Å²) in [7, 11) is 1.51. The van der Waals surface area contributed by atoms with E-state index in [0.29, 0.717) is 33.6 Å². The highest BCUT2D eigenvalue weighted by molar-refractivity contribution is 5.77. The fourth-order valence-electron chi connectivity index (χ4n) is 3.84. The van der Waals surface area contributed by atoms with Crippen molar-refractivity contribution in [2.45, 2.75) is 26.1 Å². The highest BCUT2D eigenvalue weighted by Crippen LogP contribution is 2.39. The van der Waals surface area contributed by atoms with Gasteiger partial charge in [-0.1, -0.05) is 42.5 Å². The molecule has 0 spiro atoms. The van der Waals surface area contributed by atoms with Crippen molar-refractivity contribution in [3.8, 4) is 16.9 Å². The molecule has 7 nitrogen and oxygen atoms in total.